The summed E-state index contributed by atoms with van der Waals surface area (Å²) in [5, 5.41) is 2.99. The van der Waals surface area contributed by atoms with Crippen molar-refractivity contribution in [3.63, 3.8) is 0 Å². The molecule has 412 valence electrons. The van der Waals surface area contributed by atoms with Gasteiger partial charge in [-0.2, -0.15) is 0 Å². The second-order valence-corrected chi connectivity index (χ2v) is 21.5. The van der Waals surface area contributed by atoms with Crippen LogP contribution in [0.1, 0.15) is 220 Å². The van der Waals surface area contributed by atoms with Crippen LogP contribution >= 0.6 is 7.82 Å². The summed E-state index contributed by atoms with van der Waals surface area (Å²) in [4.78, 5) is 37.6. The van der Waals surface area contributed by atoms with Crippen LogP contribution in [0.2, 0.25) is 0 Å². The second kappa shape index (κ2) is 51.2. The molecule has 0 heterocycles. The molecule has 0 aliphatic heterocycles. The number of amides is 1. The van der Waals surface area contributed by atoms with Gasteiger partial charge < -0.3 is 19.4 Å². The standard InChI is InChI=1S/C62H107N2O7P/c1-7-10-13-16-19-22-25-28-30-32-34-37-40-43-46-49-52-55-62(66)71-60(53-50-47-44-41-38-35-27-24-21-18-15-12-9-3)59(58-70-72(67,68)69-57-56-64(4,5)6)63-61(65)54-51-48-45-42-39-36-33-31-29-26-23-20-17-14-11-8-2/h11,14,19-20,22-23,28-31,34,36-37,39,45,48,50,53,59-60H,7-10,12-13,15-18,21,24-27,32-33,35,38,40-44,46-47,49,51-52,54-58H2,1-6H3,(H-,63,65,67,68)/p+1/b14-11+,22-19-,23-20+,30-28-,31-29+,37-34-,39-36+,48-45+,53-50+. The quantitative estimate of drug-likeness (QED) is 0.0205. The van der Waals surface area contributed by atoms with E-state index >= 15 is 0 Å². The molecule has 0 fully saturated rings. The van der Waals surface area contributed by atoms with Crippen LogP contribution in [0.4, 0.5) is 0 Å². The Bertz CT molecular complexity index is 1600. The van der Waals surface area contributed by atoms with Crippen molar-refractivity contribution in [2.45, 2.75) is 232 Å². The van der Waals surface area contributed by atoms with Gasteiger partial charge in [-0.25, -0.2) is 4.57 Å². The van der Waals surface area contributed by atoms with E-state index in [0.717, 1.165) is 89.9 Å². The van der Waals surface area contributed by atoms with E-state index in [0.29, 0.717) is 23.9 Å². The van der Waals surface area contributed by atoms with Crippen LogP contribution in [0.15, 0.2) is 109 Å². The van der Waals surface area contributed by atoms with Crippen LogP contribution in [0, 0.1) is 0 Å². The molecule has 2 N–H and O–H groups in total. The SMILES string of the molecule is CC/C=C/C/C=C/C/C=C/C/C=C/C/C=C/CCC(=O)NC(COP(=O)(O)OCC[N+](C)(C)C)C(/C=C/CCCCCCCCCCCCC)OC(=O)CCCCCC/C=C\C/C=C\C/C=C\CCCCC. The molecular weight excluding hydrogens is 916 g/mol. The van der Waals surface area contributed by atoms with Gasteiger partial charge in [-0.1, -0.05) is 214 Å². The van der Waals surface area contributed by atoms with Crippen molar-refractivity contribution in [2.24, 2.45) is 0 Å². The minimum atomic E-state index is -4.48. The lowest BCUT2D eigenvalue weighted by molar-refractivity contribution is -0.870. The summed E-state index contributed by atoms with van der Waals surface area (Å²) >= 11 is 0. The first-order chi connectivity index (χ1) is 34.9. The largest absolute Gasteiger partial charge is 0.472 e. The lowest BCUT2D eigenvalue weighted by Crippen LogP contribution is -2.47. The average molecular weight is 1020 g/mol. The third kappa shape index (κ3) is 51.6. The number of esters is 1. The van der Waals surface area contributed by atoms with Crippen molar-refractivity contribution >= 4 is 19.7 Å². The molecule has 0 saturated heterocycles. The van der Waals surface area contributed by atoms with E-state index in [-0.39, 0.29) is 37.9 Å². The van der Waals surface area contributed by atoms with E-state index < -0.39 is 20.0 Å². The van der Waals surface area contributed by atoms with Gasteiger partial charge >= 0.3 is 13.8 Å². The van der Waals surface area contributed by atoms with Gasteiger partial charge in [0.25, 0.3) is 0 Å². The van der Waals surface area contributed by atoms with Crippen molar-refractivity contribution in [3.05, 3.63) is 109 Å². The van der Waals surface area contributed by atoms with Gasteiger partial charge in [-0.15, -0.1) is 0 Å². The van der Waals surface area contributed by atoms with Crippen LogP contribution < -0.4 is 5.32 Å². The first kappa shape index (κ1) is 68.7. The maximum absolute atomic E-state index is 13.5. The molecule has 0 bridgehead atoms. The predicted octanol–water partition coefficient (Wildman–Crippen LogP) is 17.4. The van der Waals surface area contributed by atoms with Crippen LogP contribution in [0.5, 0.6) is 0 Å². The zero-order valence-electron chi connectivity index (χ0n) is 46.9. The number of carbonyl (C=O) groups is 2. The molecule has 0 radical (unpaired) electrons. The van der Waals surface area contributed by atoms with Crippen molar-refractivity contribution in [1.29, 1.82) is 0 Å². The molecule has 3 atom stereocenters. The van der Waals surface area contributed by atoms with Crippen LogP contribution in [-0.4, -0.2) is 74.3 Å². The topological polar surface area (TPSA) is 111 Å². The van der Waals surface area contributed by atoms with E-state index in [1.54, 1.807) is 0 Å². The van der Waals surface area contributed by atoms with Crippen molar-refractivity contribution < 1.29 is 37.3 Å². The maximum Gasteiger partial charge on any atom is 0.472 e. The van der Waals surface area contributed by atoms with E-state index in [9.17, 15) is 19.0 Å². The molecule has 0 rings (SSSR count). The minimum Gasteiger partial charge on any atom is -0.456 e. The number of phosphoric ester groups is 1. The lowest BCUT2D eigenvalue weighted by Gasteiger charge is -2.27. The number of rotatable bonds is 50. The smallest absolute Gasteiger partial charge is 0.456 e. The zero-order valence-corrected chi connectivity index (χ0v) is 47.8. The van der Waals surface area contributed by atoms with Gasteiger partial charge in [0.05, 0.1) is 33.8 Å². The number of allylic oxidation sites excluding steroid dienone is 17. The fourth-order valence-corrected chi connectivity index (χ4v) is 8.26. The minimum absolute atomic E-state index is 0.0177. The molecule has 0 spiro atoms. The number of nitrogens with zero attached hydrogens (tertiary/aromatic N) is 1. The summed E-state index contributed by atoms with van der Waals surface area (Å²) in [6.45, 7) is 6.77. The van der Waals surface area contributed by atoms with Crippen LogP contribution in [0.3, 0.4) is 0 Å². The number of unbranched alkanes of at least 4 members (excludes halogenated alkanes) is 18. The number of nitrogens with one attached hydrogen (secondary N) is 1. The fourth-order valence-electron chi connectivity index (χ4n) is 7.52. The molecule has 1 amide bonds. The van der Waals surface area contributed by atoms with Crippen LogP contribution in [-0.2, 0) is 27.9 Å². The zero-order chi connectivity index (χ0) is 52.9. The summed E-state index contributed by atoms with van der Waals surface area (Å²) in [5.41, 5.74) is 0. The predicted molar refractivity (Wildman–Crippen MR) is 309 cm³/mol. The third-order valence-electron chi connectivity index (χ3n) is 12.0. The van der Waals surface area contributed by atoms with Gasteiger partial charge in [0, 0.05) is 12.8 Å². The van der Waals surface area contributed by atoms with Crippen molar-refractivity contribution in [3.8, 4) is 0 Å². The molecule has 0 aromatic heterocycles. The second-order valence-electron chi connectivity index (χ2n) is 20.1. The Morgan fingerprint density at radius 1 is 0.500 bits per heavy atom. The monoisotopic (exact) mass is 1020 g/mol. The maximum atomic E-state index is 13.5. The molecule has 0 aliphatic rings. The number of phosphoric acid groups is 1. The van der Waals surface area contributed by atoms with Gasteiger partial charge in [0.2, 0.25) is 5.91 Å². The number of carbonyl (C=O) groups excluding carboxylic acids is 2. The number of hydrogen-bond donors (Lipinski definition) is 2. The van der Waals surface area contributed by atoms with Crippen molar-refractivity contribution in [1.82, 2.24) is 5.32 Å². The normalized spacial score (nSPS) is 14.6. The van der Waals surface area contributed by atoms with Gasteiger partial charge in [0.15, 0.2) is 0 Å². The molecule has 3 unspecified atom stereocenters. The summed E-state index contributed by atoms with van der Waals surface area (Å²) in [7, 11) is 1.42. The molecular formula is C62H108N2O7P+. The molecule has 0 aromatic rings. The van der Waals surface area contributed by atoms with Crippen molar-refractivity contribution in [2.75, 3.05) is 40.9 Å². The number of ether oxygens (including phenoxy) is 1. The van der Waals surface area contributed by atoms with Crippen LogP contribution in [0.25, 0.3) is 0 Å². The van der Waals surface area contributed by atoms with E-state index in [2.05, 4.69) is 111 Å². The molecule has 9 nitrogen and oxygen atoms in total. The molecule has 0 aliphatic carbocycles. The highest BCUT2D eigenvalue weighted by Crippen LogP contribution is 2.43. The Balaban J connectivity index is 5.54. The number of hydrogen-bond acceptors (Lipinski definition) is 6. The third-order valence-corrected chi connectivity index (χ3v) is 12.9. The highest BCUT2D eigenvalue weighted by molar-refractivity contribution is 7.47. The van der Waals surface area contributed by atoms with Gasteiger partial charge in [-0.3, -0.25) is 18.6 Å². The Hall–Kier alpha value is -3.33. The van der Waals surface area contributed by atoms with E-state index in [1.165, 1.54) is 83.5 Å². The van der Waals surface area contributed by atoms with E-state index in [4.69, 9.17) is 13.8 Å². The number of quaternary nitrogens is 1. The highest BCUT2D eigenvalue weighted by Gasteiger charge is 2.30. The molecule has 72 heavy (non-hydrogen) atoms. The van der Waals surface area contributed by atoms with Gasteiger partial charge in [-0.05, 0) is 102 Å². The summed E-state index contributed by atoms with van der Waals surface area (Å²) in [5.74, 6) is -0.635. The first-order valence-corrected chi connectivity index (χ1v) is 30.2. The summed E-state index contributed by atoms with van der Waals surface area (Å²) in [6.07, 6.45) is 69.6. The molecule has 0 saturated carbocycles. The average Bonchev–Trinajstić information content (AvgIpc) is 3.34. The Morgan fingerprint density at radius 2 is 0.903 bits per heavy atom. The Morgan fingerprint density at radius 3 is 1.39 bits per heavy atom. The number of likely N-dealkylation sites (N-methyl/N-ethyl adjacent to an activating group) is 1. The first-order valence-electron chi connectivity index (χ1n) is 28.7. The fraction of sp³-hybridized carbons (Fsp3) is 0.677. The lowest BCUT2D eigenvalue weighted by atomic mass is 10.0. The summed E-state index contributed by atoms with van der Waals surface area (Å²) in [6, 6.07) is -0.903. The molecule has 0 aromatic carbocycles. The highest BCUT2D eigenvalue weighted by atomic mass is 31.2. The molecule has 10 heteroatoms. The van der Waals surface area contributed by atoms with Gasteiger partial charge in [0.1, 0.15) is 19.3 Å². The van der Waals surface area contributed by atoms with E-state index in [1.807, 2.05) is 45.4 Å². The Labute approximate surface area is 442 Å². The summed E-state index contributed by atoms with van der Waals surface area (Å²) < 4.78 is 30.5. The Kier molecular flexibility index (Phi) is 48.8.